The van der Waals surface area contributed by atoms with E-state index in [0.29, 0.717) is 5.16 Å². The molecule has 2 aromatic rings. The molecular weight excluding hydrogens is 324 g/mol. The normalized spacial score (nSPS) is 12.2. The topological polar surface area (TPSA) is 76.5 Å². The molecule has 7 heteroatoms. The summed E-state index contributed by atoms with van der Waals surface area (Å²) in [7, 11) is 1.61. The molecule has 24 heavy (non-hydrogen) atoms. The van der Waals surface area contributed by atoms with Crippen LogP contribution >= 0.6 is 11.8 Å². The smallest absolute Gasteiger partial charge is 0.253 e. The van der Waals surface area contributed by atoms with Crippen LogP contribution in [0.2, 0.25) is 0 Å². The van der Waals surface area contributed by atoms with E-state index >= 15 is 0 Å². The molecule has 0 saturated heterocycles. The molecular formula is C17H20N4O2S. The highest BCUT2D eigenvalue weighted by Crippen LogP contribution is 2.20. The van der Waals surface area contributed by atoms with Gasteiger partial charge in [-0.3, -0.25) is 4.79 Å². The summed E-state index contributed by atoms with van der Waals surface area (Å²) >= 11 is 1.31. The monoisotopic (exact) mass is 344 g/mol. The number of ether oxygens (including phenoxy) is 1. The van der Waals surface area contributed by atoms with Gasteiger partial charge in [-0.25, -0.2) is 15.4 Å². The van der Waals surface area contributed by atoms with Crippen molar-refractivity contribution in [3.8, 4) is 5.75 Å². The third-order valence-electron chi connectivity index (χ3n) is 3.12. The first-order valence-corrected chi connectivity index (χ1v) is 8.32. The maximum atomic E-state index is 12.1. The molecule has 1 atom stereocenters. The number of aromatic nitrogens is 2. The Morgan fingerprint density at radius 3 is 2.46 bits per heavy atom. The van der Waals surface area contributed by atoms with Gasteiger partial charge in [0.15, 0.2) is 5.16 Å². The maximum absolute atomic E-state index is 12.1. The zero-order valence-electron chi connectivity index (χ0n) is 14.1. The average Bonchev–Trinajstić information content (AvgIpc) is 2.54. The molecule has 0 aliphatic rings. The van der Waals surface area contributed by atoms with E-state index in [9.17, 15) is 4.79 Å². The number of rotatable bonds is 6. The van der Waals surface area contributed by atoms with Crippen LogP contribution in [0.4, 0.5) is 0 Å². The van der Waals surface area contributed by atoms with Crippen molar-refractivity contribution in [1.29, 1.82) is 0 Å². The van der Waals surface area contributed by atoms with Crippen LogP contribution in [0.15, 0.2) is 40.6 Å². The predicted molar refractivity (Wildman–Crippen MR) is 95.6 cm³/mol. The number of carbonyl (C=O) groups is 1. The zero-order chi connectivity index (χ0) is 17.5. The lowest BCUT2D eigenvalue weighted by Crippen LogP contribution is -2.27. The number of hydrogen-bond donors (Lipinski definition) is 1. The van der Waals surface area contributed by atoms with Crippen LogP contribution in [0.5, 0.6) is 5.75 Å². The standard InChI is InChI=1S/C17H20N4O2S/c1-11-9-12(2)20-17(19-11)24-13(3)16(22)21-18-10-14-5-7-15(23-4)8-6-14/h5-10,13H,1-4H3,(H,21,22)/b18-10+. The number of nitrogens with one attached hydrogen (secondary N) is 1. The lowest BCUT2D eigenvalue weighted by atomic mass is 10.2. The summed E-state index contributed by atoms with van der Waals surface area (Å²) in [5.74, 6) is 0.571. The molecule has 2 rings (SSSR count). The quantitative estimate of drug-likeness (QED) is 0.377. The molecule has 1 aromatic heterocycles. The number of hydrogen-bond acceptors (Lipinski definition) is 6. The number of aryl methyl sites for hydroxylation is 2. The molecule has 1 unspecified atom stereocenters. The number of nitrogens with zero attached hydrogens (tertiary/aromatic N) is 3. The Balaban J connectivity index is 1.89. The summed E-state index contributed by atoms with van der Waals surface area (Å²) in [4.78, 5) is 20.7. The van der Waals surface area contributed by atoms with Gasteiger partial charge in [0, 0.05) is 11.4 Å². The molecule has 0 spiro atoms. The van der Waals surface area contributed by atoms with E-state index in [1.54, 1.807) is 20.2 Å². The number of carbonyl (C=O) groups excluding carboxylic acids is 1. The Bertz CT molecular complexity index is 712. The number of methoxy groups -OCH3 is 1. The molecule has 1 N–H and O–H groups in total. The molecule has 0 fully saturated rings. The number of thioether (sulfide) groups is 1. The molecule has 0 aliphatic heterocycles. The Hall–Kier alpha value is -2.41. The van der Waals surface area contributed by atoms with Gasteiger partial charge in [0.05, 0.1) is 18.6 Å². The first-order chi connectivity index (χ1) is 11.5. The molecule has 1 aromatic carbocycles. The molecule has 6 nitrogen and oxygen atoms in total. The van der Waals surface area contributed by atoms with Crippen molar-refractivity contribution in [2.24, 2.45) is 5.10 Å². The average molecular weight is 344 g/mol. The van der Waals surface area contributed by atoms with E-state index in [0.717, 1.165) is 22.7 Å². The largest absolute Gasteiger partial charge is 0.497 e. The Labute approximate surface area is 145 Å². The second-order valence-electron chi connectivity index (χ2n) is 5.20. The van der Waals surface area contributed by atoms with Crippen LogP contribution in [-0.4, -0.2) is 34.4 Å². The molecule has 126 valence electrons. The maximum Gasteiger partial charge on any atom is 0.253 e. The van der Waals surface area contributed by atoms with Gasteiger partial charge in [0.25, 0.3) is 5.91 Å². The van der Waals surface area contributed by atoms with E-state index in [2.05, 4.69) is 20.5 Å². The van der Waals surface area contributed by atoms with Gasteiger partial charge in [0.1, 0.15) is 5.75 Å². The second kappa shape index (κ2) is 8.44. The second-order valence-corrected chi connectivity index (χ2v) is 6.51. The fraction of sp³-hybridized carbons (Fsp3) is 0.294. The fourth-order valence-corrected chi connectivity index (χ4v) is 2.78. The van der Waals surface area contributed by atoms with Crippen LogP contribution < -0.4 is 10.2 Å². The minimum absolute atomic E-state index is 0.201. The van der Waals surface area contributed by atoms with Crippen molar-refractivity contribution >= 4 is 23.9 Å². The van der Waals surface area contributed by atoms with E-state index in [1.165, 1.54) is 11.8 Å². The molecule has 1 heterocycles. The van der Waals surface area contributed by atoms with Crippen LogP contribution in [0.25, 0.3) is 0 Å². The molecule has 1 amide bonds. The summed E-state index contributed by atoms with van der Waals surface area (Å²) in [5.41, 5.74) is 5.17. The summed E-state index contributed by atoms with van der Waals surface area (Å²) in [6, 6.07) is 9.28. The third kappa shape index (κ3) is 5.34. The van der Waals surface area contributed by atoms with Crippen molar-refractivity contribution in [2.45, 2.75) is 31.2 Å². The van der Waals surface area contributed by atoms with Gasteiger partial charge in [-0.15, -0.1) is 0 Å². The van der Waals surface area contributed by atoms with Crippen LogP contribution in [0.3, 0.4) is 0 Å². The van der Waals surface area contributed by atoms with E-state index in [4.69, 9.17) is 4.74 Å². The summed E-state index contributed by atoms with van der Waals surface area (Å²) < 4.78 is 5.09. The van der Waals surface area contributed by atoms with Gasteiger partial charge in [-0.1, -0.05) is 11.8 Å². The Kier molecular flexibility index (Phi) is 6.31. The molecule has 0 radical (unpaired) electrons. The van der Waals surface area contributed by atoms with E-state index in [1.807, 2.05) is 44.2 Å². The van der Waals surface area contributed by atoms with Gasteiger partial charge in [-0.05, 0) is 56.7 Å². The molecule has 0 bridgehead atoms. The highest BCUT2D eigenvalue weighted by atomic mass is 32.2. The zero-order valence-corrected chi connectivity index (χ0v) is 14.9. The number of amides is 1. The SMILES string of the molecule is COc1ccc(/C=N/NC(=O)C(C)Sc2nc(C)cc(C)n2)cc1. The van der Waals surface area contributed by atoms with Gasteiger partial charge >= 0.3 is 0 Å². The van der Waals surface area contributed by atoms with Crippen LogP contribution in [-0.2, 0) is 4.79 Å². The van der Waals surface area contributed by atoms with E-state index in [-0.39, 0.29) is 11.2 Å². The lowest BCUT2D eigenvalue weighted by Gasteiger charge is -2.09. The van der Waals surface area contributed by atoms with Crippen molar-refractivity contribution in [3.63, 3.8) is 0 Å². The summed E-state index contributed by atoms with van der Waals surface area (Å²) in [5, 5.41) is 4.22. The predicted octanol–water partition coefficient (Wildman–Crippen LogP) is 2.73. The first-order valence-electron chi connectivity index (χ1n) is 7.44. The van der Waals surface area contributed by atoms with Crippen molar-refractivity contribution < 1.29 is 9.53 Å². The summed E-state index contributed by atoms with van der Waals surface area (Å²) in [6.07, 6.45) is 1.59. The first kappa shape index (κ1) is 17.9. The van der Waals surface area contributed by atoms with E-state index < -0.39 is 0 Å². The molecule has 0 saturated carbocycles. The van der Waals surface area contributed by atoms with Crippen LogP contribution in [0.1, 0.15) is 23.9 Å². The lowest BCUT2D eigenvalue weighted by molar-refractivity contribution is -0.120. The Morgan fingerprint density at radius 1 is 1.25 bits per heavy atom. The number of benzene rings is 1. The highest BCUT2D eigenvalue weighted by molar-refractivity contribution is 8.00. The third-order valence-corrected chi connectivity index (χ3v) is 4.08. The molecule has 0 aliphatic carbocycles. The number of hydrazone groups is 1. The van der Waals surface area contributed by atoms with Crippen molar-refractivity contribution in [2.75, 3.05) is 7.11 Å². The van der Waals surface area contributed by atoms with Crippen LogP contribution in [0, 0.1) is 13.8 Å². The van der Waals surface area contributed by atoms with Gasteiger partial charge < -0.3 is 4.74 Å². The van der Waals surface area contributed by atoms with Gasteiger partial charge in [0.2, 0.25) is 0 Å². The Morgan fingerprint density at radius 2 is 1.88 bits per heavy atom. The minimum atomic E-state index is -0.348. The van der Waals surface area contributed by atoms with Crippen molar-refractivity contribution in [3.05, 3.63) is 47.3 Å². The minimum Gasteiger partial charge on any atom is -0.497 e. The van der Waals surface area contributed by atoms with Gasteiger partial charge in [-0.2, -0.15) is 5.10 Å². The fourth-order valence-electron chi connectivity index (χ4n) is 1.91. The van der Waals surface area contributed by atoms with Crippen molar-refractivity contribution in [1.82, 2.24) is 15.4 Å². The highest BCUT2D eigenvalue weighted by Gasteiger charge is 2.15. The summed E-state index contributed by atoms with van der Waals surface area (Å²) in [6.45, 7) is 5.61.